The molecule has 0 spiro atoms. The van der Waals surface area contributed by atoms with Gasteiger partial charge >= 0.3 is 0 Å². The van der Waals surface area contributed by atoms with E-state index in [0.29, 0.717) is 5.56 Å². The van der Waals surface area contributed by atoms with Crippen LogP contribution < -0.4 is 0 Å². The van der Waals surface area contributed by atoms with Crippen molar-refractivity contribution in [3.8, 4) is 0 Å². The molecule has 0 saturated carbocycles. The maximum Gasteiger partial charge on any atom is 0.240 e. The summed E-state index contributed by atoms with van der Waals surface area (Å²) in [6.45, 7) is 0. The van der Waals surface area contributed by atoms with Crippen molar-refractivity contribution in [1.29, 1.82) is 0 Å². The van der Waals surface area contributed by atoms with Crippen molar-refractivity contribution in [2.24, 2.45) is 0 Å². The molecule has 98 valence electrons. The highest BCUT2D eigenvalue weighted by Crippen LogP contribution is 2.30. The molecule has 0 saturated heterocycles. The van der Waals surface area contributed by atoms with Crippen LogP contribution in [0.4, 0.5) is 0 Å². The fraction of sp³-hybridized carbons (Fsp3) is 0. The molecule has 1 heterocycles. The highest BCUT2D eigenvalue weighted by molar-refractivity contribution is 9.12. The van der Waals surface area contributed by atoms with Crippen molar-refractivity contribution in [3.63, 3.8) is 0 Å². The summed E-state index contributed by atoms with van der Waals surface area (Å²) in [5.74, 6) is -1.53. The lowest BCUT2D eigenvalue weighted by Gasteiger charge is -2.07. The minimum Gasteiger partial charge on any atom is -0.463 e. The van der Waals surface area contributed by atoms with E-state index in [1.165, 1.54) is 12.3 Å². The fourth-order valence-corrected chi connectivity index (χ4v) is 2.42. The van der Waals surface area contributed by atoms with E-state index in [-0.39, 0.29) is 27.2 Å². The van der Waals surface area contributed by atoms with Gasteiger partial charge in [0, 0.05) is 5.56 Å². The standard InChI is InChI=1S/C15H7BrO4/c16-10-6-11-12(15(19)14(10)18)9(7-20-11)13(17)8-4-2-1-3-5-8/h1-7H. The molecule has 4 nitrogen and oxygen atoms in total. The van der Waals surface area contributed by atoms with Crippen LogP contribution in [0.25, 0.3) is 6.08 Å². The van der Waals surface area contributed by atoms with Crippen molar-refractivity contribution >= 4 is 39.4 Å². The molecule has 0 amide bonds. The molecular weight excluding hydrogens is 324 g/mol. The summed E-state index contributed by atoms with van der Waals surface area (Å²) in [7, 11) is 0. The normalized spacial score (nSPS) is 13.9. The Kier molecular flexibility index (Phi) is 2.99. The first-order chi connectivity index (χ1) is 9.59. The first kappa shape index (κ1) is 12.7. The van der Waals surface area contributed by atoms with Gasteiger partial charge in [0.05, 0.1) is 15.6 Å². The van der Waals surface area contributed by atoms with E-state index in [4.69, 9.17) is 4.42 Å². The predicted molar refractivity (Wildman–Crippen MR) is 74.8 cm³/mol. The largest absolute Gasteiger partial charge is 0.463 e. The SMILES string of the molecule is O=C1C(=O)c2c(C(=O)c3ccccc3)coc2C=C1Br. The summed E-state index contributed by atoms with van der Waals surface area (Å²) < 4.78 is 5.35. The molecule has 0 atom stereocenters. The molecule has 1 aromatic heterocycles. The Morgan fingerprint density at radius 2 is 1.75 bits per heavy atom. The second-order valence-corrected chi connectivity index (χ2v) is 5.09. The van der Waals surface area contributed by atoms with E-state index in [9.17, 15) is 14.4 Å². The van der Waals surface area contributed by atoms with E-state index in [1.54, 1.807) is 30.3 Å². The van der Waals surface area contributed by atoms with Crippen LogP contribution in [0.2, 0.25) is 0 Å². The average molecular weight is 331 g/mol. The monoisotopic (exact) mass is 330 g/mol. The average Bonchev–Trinajstić information content (AvgIpc) is 2.88. The molecule has 0 aliphatic heterocycles. The molecule has 0 N–H and O–H groups in total. The van der Waals surface area contributed by atoms with Crippen LogP contribution in [0, 0.1) is 0 Å². The topological polar surface area (TPSA) is 64.3 Å². The van der Waals surface area contributed by atoms with Crippen molar-refractivity contribution in [3.05, 3.63) is 63.5 Å². The zero-order valence-electron chi connectivity index (χ0n) is 10.1. The molecule has 0 fully saturated rings. The lowest BCUT2D eigenvalue weighted by molar-refractivity contribution is -0.111. The lowest BCUT2D eigenvalue weighted by atomic mass is 9.94. The molecule has 20 heavy (non-hydrogen) atoms. The number of furan rings is 1. The maximum atomic E-state index is 12.4. The van der Waals surface area contributed by atoms with Gasteiger partial charge in [0.25, 0.3) is 0 Å². The number of rotatable bonds is 2. The van der Waals surface area contributed by atoms with Gasteiger partial charge in [0.15, 0.2) is 5.78 Å². The van der Waals surface area contributed by atoms with E-state index in [0.717, 1.165) is 0 Å². The van der Waals surface area contributed by atoms with Crippen molar-refractivity contribution in [2.75, 3.05) is 0 Å². The quantitative estimate of drug-likeness (QED) is 0.627. The third kappa shape index (κ3) is 1.87. The minimum absolute atomic E-state index is 0.0343. The molecule has 1 aliphatic carbocycles. The minimum atomic E-state index is -0.734. The Bertz CT molecular complexity index is 768. The third-order valence-corrected chi connectivity index (χ3v) is 3.60. The van der Waals surface area contributed by atoms with Gasteiger partial charge in [-0.05, 0) is 22.0 Å². The number of benzene rings is 1. The molecule has 1 aromatic carbocycles. The van der Waals surface area contributed by atoms with E-state index >= 15 is 0 Å². The van der Waals surface area contributed by atoms with Crippen LogP contribution in [0.1, 0.15) is 32.0 Å². The zero-order valence-corrected chi connectivity index (χ0v) is 11.6. The van der Waals surface area contributed by atoms with Crippen LogP contribution in [-0.4, -0.2) is 17.3 Å². The summed E-state index contributed by atoms with van der Waals surface area (Å²) in [5, 5.41) is 0. The third-order valence-electron chi connectivity index (χ3n) is 3.01. The summed E-state index contributed by atoms with van der Waals surface area (Å²) in [5.41, 5.74) is 0.581. The lowest BCUT2D eigenvalue weighted by Crippen LogP contribution is -2.20. The van der Waals surface area contributed by atoms with Crippen molar-refractivity contribution in [2.45, 2.75) is 0 Å². The number of fused-ring (bicyclic) bond motifs is 1. The number of Topliss-reactive ketones (excluding diaryl/α,β-unsaturated/α-hetero) is 2. The molecule has 0 unspecified atom stereocenters. The number of carbonyl (C=O) groups is 3. The van der Waals surface area contributed by atoms with Crippen LogP contribution in [0.5, 0.6) is 0 Å². The van der Waals surface area contributed by atoms with Crippen LogP contribution in [0.15, 0.2) is 45.5 Å². The Labute approximate surface area is 122 Å². The van der Waals surface area contributed by atoms with Gasteiger partial charge in [-0.1, -0.05) is 30.3 Å². The summed E-state index contributed by atoms with van der Waals surface area (Å²) in [6.07, 6.45) is 2.62. The number of allylic oxidation sites excluding steroid dienone is 1. The molecule has 0 bridgehead atoms. The van der Waals surface area contributed by atoms with E-state index in [1.807, 2.05) is 0 Å². The van der Waals surface area contributed by atoms with E-state index < -0.39 is 11.6 Å². The summed E-state index contributed by atoms with van der Waals surface area (Å²) in [6, 6.07) is 8.52. The first-order valence-electron chi connectivity index (χ1n) is 5.77. The molecule has 5 heteroatoms. The van der Waals surface area contributed by atoms with Gasteiger partial charge in [-0.3, -0.25) is 14.4 Å². The van der Waals surface area contributed by atoms with Gasteiger partial charge in [-0.25, -0.2) is 0 Å². The number of carbonyl (C=O) groups excluding carboxylic acids is 3. The number of ketones is 3. The van der Waals surface area contributed by atoms with Gasteiger partial charge in [0.1, 0.15) is 12.0 Å². The van der Waals surface area contributed by atoms with Crippen molar-refractivity contribution < 1.29 is 18.8 Å². The Morgan fingerprint density at radius 1 is 1.05 bits per heavy atom. The van der Waals surface area contributed by atoms with Crippen molar-refractivity contribution in [1.82, 2.24) is 0 Å². The van der Waals surface area contributed by atoms with E-state index in [2.05, 4.69) is 15.9 Å². The second kappa shape index (κ2) is 4.68. The molecule has 2 aromatic rings. The summed E-state index contributed by atoms with van der Waals surface area (Å²) in [4.78, 5) is 36.0. The second-order valence-electron chi connectivity index (χ2n) is 4.23. The van der Waals surface area contributed by atoms with Crippen LogP contribution in [0.3, 0.4) is 0 Å². The summed E-state index contributed by atoms with van der Waals surface area (Å²) >= 11 is 3.00. The zero-order chi connectivity index (χ0) is 14.3. The number of hydrogen-bond donors (Lipinski definition) is 0. The molecule has 3 rings (SSSR count). The highest BCUT2D eigenvalue weighted by Gasteiger charge is 2.33. The fourth-order valence-electron chi connectivity index (χ4n) is 2.03. The number of halogens is 1. The highest BCUT2D eigenvalue weighted by atomic mass is 79.9. The maximum absolute atomic E-state index is 12.4. The first-order valence-corrected chi connectivity index (χ1v) is 6.56. The van der Waals surface area contributed by atoms with Crippen LogP contribution in [-0.2, 0) is 4.79 Å². The molecule has 0 radical (unpaired) electrons. The van der Waals surface area contributed by atoms with Gasteiger partial charge < -0.3 is 4.42 Å². The van der Waals surface area contributed by atoms with Gasteiger partial charge in [-0.2, -0.15) is 0 Å². The smallest absolute Gasteiger partial charge is 0.240 e. The van der Waals surface area contributed by atoms with Gasteiger partial charge in [0.2, 0.25) is 11.6 Å². The Balaban J connectivity index is 2.13. The van der Waals surface area contributed by atoms with Crippen LogP contribution >= 0.6 is 15.9 Å². The Morgan fingerprint density at radius 3 is 2.45 bits per heavy atom. The predicted octanol–water partition coefficient (Wildman–Crippen LogP) is 3.01. The molecule has 1 aliphatic rings. The Hall–Kier alpha value is -2.27. The van der Waals surface area contributed by atoms with Gasteiger partial charge in [-0.15, -0.1) is 0 Å². The number of hydrogen-bond acceptors (Lipinski definition) is 4. The molecular formula is C15H7BrO4.